The third-order valence-corrected chi connectivity index (χ3v) is 5.03. The topological polar surface area (TPSA) is 63.0 Å². The van der Waals surface area contributed by atoms with Crippen LogP contribution in [-0.4, -0.2) is 54.0 Å². The Morgan fingerprint density at radius 1 is 1.07 bits per heavy atom. The molecule has 0 saturated heterocycles. The van der Waals surface area contributed by atoms with E-state index in [2.05, 4.69) is 12.1 Å². The number of amides is 1. The molecule has 0 aliphatic carbocycles. The Bertz CT molecular complexity index is 788. The lowest BCUT2D eigenvalue weighted by atomic mass is 10.1. The molecule has 6 heteroatoms. The molecule has 0 bridgehead atoms. The first-order chi connectivity index (χ1) is 14.4. The average Bonchev–Trinajstić information content (AvgIpc) is 3.15. The van der Waals surface area contributed by atoms with E-state index in [1.807, 2.05) is 54.0 Å². The van der Waals surface area contributed by atoms with E-state index in [1.165, 1.54) is 5.56 Å². The number of rotatable bonds is 12. The predicted molar refractivity (Wildman–Crippen MR) is 117 cm³/mol. The largest absolute Gasteiger partial charge is 0.465 e. The zero-order valence-corrected chi connectivity index (χ0v) is 18.6. The molecule has 1 heterocycles. The van der Waals surface area contributed by atoms with Crippen LogP contribution in [0.25, 0.3) is 0 Å². The molecular formula is C24H34N2O4. The van der Waals surface area contributed by atoms with Crippen molar-refractivity contribution < 1.29 is 18.7 Å². The SMILES string of the molecule is CCCN(CC(=O)N(CCc1ccccc1)Cc1ccc(C)o1)[C@H](C)C(=O)OCC. The highest BCUT2D eigenvalue weighted by molar-refractivity contribution is 5.80. The summed E-state index contributed by atoms with van der Waals surface area (Å²) in [5.74, 6) is 1.26. The van der Waals surface area contributed by atoms with Gasteiger partial charge in [0.25, 0.3) is 0 Å². The van der Waals surface area contributed by atoms with Crippen molar-refractivity contribution >= 4 is 11.9 Å². The Morgan fingerprint density at radius 2 is 1.80 bits per heavy atom. The van der Waals surface area contributed by atoms with Crippen molar-refractivity contribution in [3.8, 4) is 0 Å². The molecule has 0 N–H and O–H groups in total. The molecule has 1 aromatic heterocycles. The van der Waals surface area contributed by atoms with E-state index < -0.39 is 6.04 Å². The van der Waals surface area contributed by atoms with Gasteiger partial charge in [0.2, 0.25) is 5.91 Å². The van der Waals surface area contributed by atoms with Gasteiger partial charge >= 0.3 is 5.97 Å². The number of ether oxygens (including phenoxy) is 1. The summed E-state index contributed by atoms with van der Waals surface area (Å²) >= 11 is 0. The van der Waals surface area contributed by atoms with Gasteiger partial charge in [-0.2, -0.15) is 0 Å². The summed E-state index contributed by atoms with van der Waals surface area (Å²) in [5.41, 5.74) is 1.18. The van der Waals surface area contributed by atoms with Crippen molar-refractivity contribution in [3.05, 3.63) is 59.5 Å². The molecule has 2 aromatic rings. The van der Waals surface area contributed by atoms with E-state index in [1.54, 1.807) is 13.8 Å². The van der Waals surface area contributed by atoms with Crippen molar-refractivity contribution in [2.45, 2.75) is 53.1 Å². The van der Waals surface area contributed by atoms with Gasteiger partial charge in [-0.05, 0) is 57.9 Å². The number of carbonyl (C=O) groups is 2. The number of esters is 1. The zero-order valence-electron chi connectivity index (χ0n) is 18.6. The van der Waals surface area contributed by atoms with Crippen LogP contribution in [0, 0.1) is 6.92 Å². The number of carbonyl (C=O) groups excluding carboxylic acids is 2. The number of nitrogens with zero attached hydrogens (tertiary/aromatic N) is 2. The highest BCUT2D eigenvalue weighted by Crippen LogP contribution is 2.13. The van der Waals surface area contributed by atoms with Gasteiger partial charge in [0.05, 0.1) is 19.7 Å². The molecule has 1 atom stereocenters. The molecule has 0 unspecified atom stereocenters. The highest BCUT2D eigenvalue weighted by Gasteiger charge is 2.26. The number of hydrogen-bond donors (Lipinski definition) is 0. The lowest BCUT2D eigenvalue weighted by Crippen LogP contribution is -2.47. The molecular weight excluding hydrogens is 380 g/mol. The second-order valence-corrected chi connectivity index (χ2v) is 7.46. The van der Waals surface area contributed by atoms with E-state index in [0.717, 1.165) is 24.4 Å². The number of benzene rings is 1. The number of aryl methyl sites for hydroxylation is 1. The minimum atomic E-state index is -0.462. The Kier molecular flexibility index (Phi) is 9.61. The molecule has 0 spiro atoms. The van der Waals surface area contributed by atoms with E-state index >= 15 is 0 Å². The first-order valence-corrected chi connectivity index (χ1v) is 10.7. The van der Waals surface area contributed by atoms with Gasteiger partial charge in [-0.3, -0.25) is 14.5 Å². The summed E-state index contributed by atoms with van der Waals surface area (Å²) < 4.78 is 10.9. The van der Waals surface area contributed by atoms with Crippen LogP contribution in [0.5, 0.6) is 0 Å². The van der Waals surface area contributed by atoms with E-state index in [0.29, 0.717) is 26.2 Å². The number of hydrogen-bond acceptors (Lipinski definition) is 5. The van der Waals surface area contributed by atoms with Crippen LogP contribution in [0.2, 0.25) is 0 Å². The summed E-state index contributed by atoms with van der Waals surface area (Å²) in [6.07, 6.45) is 1.60. The maximum absolute atomic E-state index is 13.2. The molecule has 0 aliphatic heterocycles. The fourth-order valence-corrected chi connectivity index (χ4v) is 3.34. The molecule has 0 fully saturated rings. The fraction of sp³-hybridized carbons (Fsp3) is 0.500. The number of furan rings is 1. The summed E-state index contributed by atoms with van der Waals surface area (Å²) in [5, 5.41) is 0. The van der Waals surface area contributed by atoms with Crippen LogP contribution in [0.1, 0.15) is 44.3 Å². The van der Waals surface area contributed by atoms with Gasteiger partial charge < -0.3 is 14.1 Å². The average molecular weight is 415 g/mol. The van der Waals surface area contributed by atoms with Gasteiger partial charge in [-0.25, -0.2) is 0 Å². The minimum absolute atomic E-state index is 0.0235. The van der Waals surface area contributed by atoms with Crippen molar-refractivity contribution in [2.75, 3.05) is 26.2 Å². The summed E-state index contributed by atoms with van der Waals surface area (Å²) in [6.45, 7) is 9.65. The third-order valence-electron chi connectivity index (χ3n) is 5.03. The Hall–Kier alpha value is -2.60. The lowest BCUT2D eigenvalue weighted by Gasteiger charge is -2.30. The van der Waals surface area contributed by atoms with Crippen LogP contribution in [0.3, 0.4) is 0 Å². The van der Waals surface area contributed by atoms with Crippen LogP contribution in [-0.2, 0) is 27.3 Å². The quantitative estimate of drug-likeness (QED) is 0.494. The van der Waals surface area contributed by atoms with Crippen molar-refractivity contribution in [2.24, 2.45) is 0 Å². The molecule has 0 radical (unpaired) electrons. The summed E-state index contributed by atoms with van der Waals surface area (Å²) in [7, 11) is 0. The molecule has 1 aromatic carbocycles. The van der Waals surface area contributed by atoms with E-state index in [4.69, 9.17) is 9.15 Å². The molecule has 1 amide bonds. The fourth-order valence-electron chi connectivity index (χ4n) is 3.34. The van der Waals surface area contributed by atoms with Gasteiger partial charge in [0, 0.05) is 6.54 Å². The smallest absolute Gasteiger partial charge is 0.323 e. The monoisotopic (exact) mass is 414 g/mol. The first-order valence-electron chi connectivity index (χ1n) is 10.7. The van der Waals surface area contributed by atoms with Crippen LogP contribution in [0.4, 0.5) is 0 Å². The molecule has 2 rings (SSSR count). The zero-order chi connectivity index (χ0) is 21.9. The Balaban J connectivity index is 2.11. The predicted octanol–water partition coefficient (Wildman–Crippen LogP) is 3.82. The minimum Gasteiger partial charge on any atom is -0.465 e. The molecule has 6 nitrogen and oxygen atoms in total. The van der Waals surface area contributed by atoms with Gasteiger partial charge in [0.1, 0.15) is 17.6 Å². The molecule has 0 aliphatic rings. The van der Waals surface area contributed by atoms with Gasteiger partial charge in [-0.1, -0.05) is 37.3 Å². The van der Waals surface area contributed by atoms with Gasteiger partial charge in [-0.15, -0.1) is 0 Å². The Labute approximate surface area is 179 Å². The third kappa shape index (κ3) is 7.34. The maximum atomic E-state index is 13.2. The first kappa shape index (κ1) is 23.7. The standard InChI is InChI=1S/C24H34N2O4/c1-5-15-25(20(4)24(28)29-6-2)18-23(27)26(17-22-13-12-19(3)30-22)16-14-21-10-8-7-9-11-21/h7-13,20H,5-6,14-18H2,1-4H3/t20-/m1/s1. The van der Waals surface area contributed by atoms with Crippen LogP contribution < -0.4 is 0 Å². The lowest BCUT2D eigenvalue weighted by molar-refractivity contribution is -0.150. The second kappa shape index (κ2) is 12.2. The van der Waals surface area contributed by atoms with Crippen LogP contribution in [0.15, 0.2) is 46.9 Å². The highest BCUT2D eigenvalue weighted by atomic mass is 16.5. The van der Waals surface area contributed by atoms with Crippen LogP contribution >= 0.6 is 0 Å². The Morgan fingerprint density at radius 3 is 2.40 bits per heavy atom. The summed E-state index contributed by atoms with van der Waals surface area (Å²) in [6, 6.07) is 13.5. The van der Waals surface area contributed by atoms with Crippen molar-refractivity contribution in [3.63, 3.8) is 0 Å². The maximum Gasteiger partial charge on any atom is 0.323 e. The van der Waals surface area contributed by atoms with Crippen molar-refractivity contribution in [1.82, 2.24) is 9.80 Å². The van der Waals surface area contributed by atoms with E-state index in [9.17, 15) is 9.59 Å². The molecule has 0 saturated carbocycles. The van der Waals surface area contributed by atoms with Crippen molar-refractivity contribution in [1.29, 1.82) is 0 Å². The second-order valence-electron chi connectivity index (χ2n) is 7.46. The van der Waals surface area contributed by atoms with Gasteiger partial charge in [0.15, 0.2) is 0 Å². The summed E-state index contributed by atoms with van der Waals surface area (Å²) in [4.78, 5) is 29.2. The van der Waals surface area contributed by atoms with E-state index in [-0.39, 0.29) is 18.4 Å². The normalized spacial score (nSPS) is 12.0. The molecule has 164 valence electrons. The molecule has 30 heavy (non-hydrogen) atoms.